The molecule has 0 aliphatic heterocycles. The zero-order chi connectivity index (χ0) is 20.7. The molecule has 0 fully saturated rings. The van der Waals surface area contributed by atoms with E-state index < -0.39 is 0 Å². The number of benzene rings is 1. The first kappa shape index (κ1) is 19.8. The average molecular weight is 410 g/mol. The predicted molar refractivity (Wildman–Crippen MR) is 118 cm³/mol. The van der Waals surface area contributed by atoms with Crippen LogP contribution in [0.5, 0.6) is 0 Å². The highest BCUT2D eigenvalue weighted by atomic mass is 32.1. The number of carbonyl (C=O) groups is 1. The van der Waals surface area contributed by atoms with Gasteiger partial charge in [-0.2, -0.15) is 0 Å². The van der Waals surface area contributed by atoms with Gasteiger partial charge in [0.2, 0.25) is 5.91 Å². The molecular weight excluding hydrogens is 382 g/mol. The van der Waals surface area contributed by atoms with E-state index in [-0.39, 0.29) is 24.1 Å². The SMILES string of the molecule is Cc1ccc([C@@H](C)NC(=O)Cn2cnc3sc4c(c3c2=O)CC[C@H](C)C4)cc1C. The van der Waals surface area contributed by atoms with Gasteiger partial charge >= 0.3 is 0 Å². The number of hydrogen-bond acceptors (Lipinski definition) is 4. The third-order valence-corrected chi connectivity index (χ3v) is 7.17. The van der Waals surface area contributed by atoms with Crippen molar-refractivity contribution >= 4 is 27.5 Å². The van der Waals surface area contributed by atoms with Crippen LogP contribution in [0.1, 0.15) is 53.4 Å². The number of thiophene rings is 1. The van der Waals surface area contributed by atoms with Crippen molar-refractivity contribution in [2.24, 2.45) is 5.92 Å². The Balaban J connectivity index is 1.54. The van der Waals surface area contributed by atoms with Crippen LogP contribution in [0.4, 0.5) is 0 Å². The second kappa shape index (κ2) is 7.75. The second-order valence-corrected chi connectivity index (χ2v) is 9.43. The molecular formula is C23H27N3O2S. The summed E-state index contributed by atoms with van der Waals surface area (Å²) in [6.07, 6.45) is 4.55. The zero-order valence-corrected chi connectivity index (χ0v) is 18.2. The van der Waals surface area contributed by atoms with Crippen LogP contribution in [-0.4, -0.2) is 15.5 Å². The van der Waals surface area contributed by atoms with Crippen molar-refractivity contribution in [2.75, 3.05) is 0 Å². The topological polar surface area (TPSA) is 64.0 Å². The molecule has 5 nitrogen and oxygen atoms in total. The Kier molecular flexibility index (Phi) is 5.30. The molecule has 3 aromatic rings. The Morgan fingerprint density at radius 3 is 2.90 bits per heavy atom. The minimum absolute atomic E-state index is 0.0159. The number of nitrogens with zero attached hydrogens (tertiary/aromatic N) is 2. The monoisotopic (exact) mass is 409 g/mol. The van der Waals surface area contributed by atoms with Crippen LogP contribution < -0.4 is 10.9 Å². The Labute approximate surface area is 174 Å². The van der Waals surface area contributed by atoms with Crippen LogP contribution in [0, 0.1) is 19.8 Å². The van der Waals surface area contributed by atoms with Crippen molar-refractivity contribution in [1.29, 1.82) is 0 Å². The van der Waals surface area contributed by atoms with E-state index in [0.717, 1.165) is 40.6 Å². The van der Waals surface area contributed by atoms with Crippen molar-refractivity contribution in [2.45, 2.75) is 59.5 Å². The van der Waals surface area contributed by atoms with Gasteiger partial charge in [0.25, 0.3) is 5.56 Å². The summed E-state index contributed by atoms with van der Waals surface area (Å²) in [4.78, 5) is 32.2. The molecule has 29 heavy (non-hydrogen) atoms. The molecule has 2 aromatic heterocycles. The predicted octanol–water partition coefficient (Wildman–Crippen LogP) is 4.08. The molecule has 6 heteroatoms. The maximum absolute atomic E-state index is 13.1. The van der Waals surface area contributed by atoms with E-state index >= 15 is 0 Å². The maximum atomic E-state index is 13.1. The number of amides is 1. The molecule has 2 heterocycles. The summed E-state index contributed by atoms with van der Waals surface area (Å²) >= 11 is 1.63. The molecule has 0 radical (unpaired) electrons. The van der Waals surface area contributed by atoms with Crippen LogP contribution >= 0.6 is 11.3 Å². The van der Waals surface area contributed by atoms with Gasteiger partial charge in [-0.25, -0.2) is 4.98 Å². The number of rotatable bonds is 4. The third kappa shape index (κ3) is 3.86. The third-order valence-electron chi connectivity index (χ3n) is 6.00. The van der Waals surface area contributed by atoms with E-state index in [1.807, 2.05) is 13.0 Å². The highest BCUT2D eigenvalue weighted by molar-refractivity contribution is 7.18. The summed E-state index contributed by atoms with van der Waals surface area (Å²) in [7, 11) is 0. The summed E-state index contributed by atoms with van der Waals surface area (Å²) in [6.45, 7) is 8.33. The van der Waals surface area contributed by atoms with E-state index in [1.54, 1.807) is 11.3 Å². The molecule has 1 aliphatic carbocycles. The molecule has 0 bridgehead atoms. The van der Waals surface area contributed by atoms with Gasteiger partial charge in [-0.05, 0) is 68.2 Å². The van der Waals surface area contributed by atoms with Gasteiger partial charge in [-0.15, -0.1) is 11.3 Å². The Morgan fingerprint density at radius 1 is 1.34 bits per heavy atom. The van der Waals surface area contributed by atoms with Crippen LogP contribution in [0.15, 0.2) is 29.3 Å². The largest absolute Gasteiger partial charge is 0.348 e. The van der Waals surface area contributed by atoms with Gasteiger partial charge in [0.15, 0.2) is 0 Å². The Bertz CT molecular complexity index is 1140. The van der Waals surface area contributed by atoms with E-state index in [4.69, 9.17) is 0 Å². The first-order chi connectivity index (χ1) is 13.8. The fourth-order valence-electron chi connectivity index (χ4n) is 4.04. The summed E-state index contributed by atoms with van der Waals surface area (Å²) in [5.74, 6) is 0.465. The first-order valence-corrected chi connectivity index (χ1v) is 11.0. The fraction of sp³-hybridized carbons (Fsp3) is 0.435. The maximum Gasteiger partial charge on any atom is 0.262 e. The molecule has 0 unspecified atom stereocenters. The van der Waals surface area contributed by atoms with Crippen molar-refractivity contribution in [3.05, 3.63) is 62.0 Å². The average Bonchev–Trinajstić information content (AvgIpc) is 3.04. The Hall–Kier alpha value is -2.47. The second-order valence-electron chi connectivity index (χ2n) is 8.34. The summed E-state index contributed by atoms with van der Waals surface area (Å²) in [5.41, 5.74) is 4.54. The lowest BCUT2D eigenvalue weighted by Crippen LogP contribution is -2.34. The van der Waals surface area contributed by atoms with Crippen LogP contribution in [0.25, 0.3) is 10.2 Å². The molecule has 1 aliphatic rings. The number of nitrogens with one attached hydrogen (secondary N) is 1. The molecule has 1 aromatic carbocycles. The number of aromatic nitrogens is 2. The molecule has 1 N–H and O–H groups in total. The highest BCUT2D eigenvalue weighted by Gasteiger charge is 2.23. The standard InChI is InChI=1S/C23H27N3O2S/c1-13-5-8-18-19(9-13)29-22-21(18)23(28)26(12-24-22)11-20(27)25-16(4)17-7-6-14(2)15(3)10-17/h6-7,10,12-13,16H,5,8-9,11H2,1-4H3,(H,25,27)/t13-,16+/m0/s1. The van der Waals surface area contributed by atoms with E-state index in [2.05, 4.69) is 43.2 Å². The van der Waals surface area contributed by atoms with Crippen LogP contribution in [0.2, 0.25) is 0 Å². The first-order valence-electron chi connectivity index (χ1n) is 10.2. The lowest BCUT2D eigenvalue weighted by atomic mass is 9.89. The zero-order valence-electron chi connectivity index (χ0n) is 17.4. The van der Waals surface area contributed by atoms with Crippen LogP contribution in [-0.2, 0) is 24.2 Å². The van der Waals surface area contributed by atoms with Crippen molar-refractivity contribution in [1.82, 2.24) is 14.9 Å². The quantitative estimate of drug-likeness (QED) is 0.706. The molecule has 152 valence electrons. The lowest BCUT2D eigenvalue weighted by Gasteiger charge is -2.17. The molecule has 0 saturated carbocycles. The number of carbonyl (C=O) groups excluding carboxylic acids is 1. The summed E-state index contributed by atoms with van der Waals surface area (Å²) in [5, 5.41) is 3.72. The van der Waals surface area contributed by atoms with Crippen molar-refractivity contribution < 1.29 is 4.79 Å². The normalized spacial score (nSPS) is 17.2. The minimum atomic E-state index is -0.184. The van der Waals surface area contributed by atoms with E-state index in [1.165, 1.54) is 26.9 Å². The molecule has 0 spiro atoms. The van der Waals surface area contributed by atoms with E-state index in [0.29, 0.717) is 5.92 Å². The fourth-order valence-corrected chi connectivity index (χ4v) is 5.38. The minimum Gasteiger partial charge on any atom is -0.348 e. The summed E-state index contributed by atoms with van der Waals surface area (Å²) in [6, 6.07) is 6.07. The van der Waals surface area contributed by atoms with Gasteiger partial charge in [0, 0.05) is 4.88 Å². The lowest BCUT2D eigenvalue weighted by molar-refractivity contribution is -0.122. The van der Waals surface area contributed by atoms with Gasteiger partial charge in [0.05, 0.1) is 17.8 Å². The highest BCUT2D eigenvalue weighted by Crippen LogP contribution is 2.35. The molecule has 4 rings (SSSR count). The molecule has 1 amide bonds. The number of hydrogen-bond donors (Lipinski definition) is 1. The number of fused-ring (bicyclic) bond motifs is 3. The molecule has 2 atom stereocenters. The number of aryl methyl sites for hydroxylation is 3. The van der Waals surface area contributed by atoms with Crippen LogP contribution in [0.3, 0.4) is 0 Å². The van der Waals surface area contributed by atoms with Gasteiger partial charge in [0.1, 0.15) is 11.4 Å². The smallest absolute Gasteiger partial charge is 0.262 e. The van der Waals surface area contributed by atoms with Gasteiger partial charge < -0.3 is 5.32 Å². The van der Waals surface area contributed by atoms with Crippen molar-refractivity contribution in [3.63, 3.8) is 0 Å². The molecule has 0 saturated heterocycles. The Morgan fingerprint density at radius 2 is 2.14 bits per heavy atom. The van der Waals surface area contributed by atoms with E-state index in [9.17, 15) is 9.59 Å². The van der Waals surface area contributed by atoms with Gasteiger partial charge in [-0.1, -0.05) is 25.1 Å². The summed E-state index contributed by atoms with van der Waals surface area (Å²) < 4.78 is 1.44. The van der Waals surface area contributed by atoms with Crippen molar-refractivity contribution in [3.8, 4) is 0 Å². The van der Waals surface area contributed by atoms with Gasteiger partial charge in [-0.3, -0.25) is 14.2 Å².